The van der Waals surface area contributed by atoms with Crippen LogP contribution < -0.4 is 4.74 Å². The summed E-state index contributed by atoms with van der Waals surface area (Å²) in [5.74, 6) is 1.04. The van der Waals surface area contributed by atoms with Crippen molar-refractivity contribution in [1.82, 2.24) is 4.90 Å². The largest absolute Gasteiger partial charge is 0.494 e. The van der Waals surface area contributed by atoms with Crippen LogP contribution in [0, 0.1) is 12.7 Å². The number of carbonyl (C=O) groups excluding carboxylic acids is 1. The summed E-state index contributed by atoms with van der Waals surface area (Å²) in [5, 5.41) is 0.643. The Labute approximate surface area is 150 Å². The molecule has 6 heteroatoms. The number of aliphatic imine (C=N–C) groups is 1. The zero-order chi connectivity index (χ0) is 17.8. The number of ether oxygens (including phenoxy) is 1. The summed E-state index contributed by atoms with van der Waals surface area (Å²) in [5.41, 5.74) is 2.22. The van der Waals surface area contributed by atoms with Crippen LogP contribution in [0.5, 0.6) is 5.75 Å². The summed E-state index contributed by atoms with van der Waals surface area (Å²) in [4.78, 5) is 19.1. The minimum atomic E-state index is -0.358. The topological polar surface area (TPSA) is 41.9 Å². The predicted molar refractivity (Wildman–Crippen MR) is 99.3 cm³/mol. The summed E-state index contributed by atoms with van der Waals surface area (Å²) in [6.45, 7) is 2.58. The highest BCUT2D eigenvalue weighted by atomic mass is 32.2. The van der Waals surface area contributed by atoms with Crippen LogP contribution in [0.25, 0.3) is 0 Å². The molecule has 0 aliphatic carbocycles. The molecule has 3 rings (SSSR count). The van der Waals surface area contributed by atoms with Crippen LogP contribution in [0.2, 0.25) is 0 Å². The first-order valence-electron chi connectivity index (χ1n) is 8.02. The van der Waals surface area contributed by atoms with Crippen LogP contribution in [0.4, 0.5) is 10.1 Å². The smallest absolute Gasteiger partial charge is 0.259 e. The van der Waals surface area contributed by atoms with Gasteiger partial charge in [-0.2, -0.15) is 0 Å². The van der Waals surface area contributed by atoms with E-state index in [1.54, 1.807) is 23.8 Å². The number of hydrogen-bond donors (Lipinski definition) is 0. The number of hydrogen-bond acceptors (Lipinski definition) is 4. The third kappa shape index (κ3) is 4.02. The Balaban J connectivity index is 1.94. The first kappa shape index (κ1) is 17.5. The first-order chi connectivity index (χ1) is 12.1. The van der Waals surface area contributed by atoms with E-state index in [1.807, 2.05) is 25.1 Å². The van der Waals surface area contributed by atoms with E-state index < -0.39 is 0 Å². The molecule has 2 aromatic rings. The van der Waals surface area contributed by atoms with Gasteiger partial charge < -0.3 is 4.74 Å². The molecule has 0 N–H and O–H groups in total. The molecule has 0 radical (unpaired) electrons. The van der Waals surface area contributed by atoms with Crippen LogP contribution in [0.3, 0.4) is 0 Å². The standard InChI is InChI=1S/C19H19FN2O2S/c1-13-4-9-17(24-2)16(12-13)21-19-22(10-3-11-25-19)18(23)14-5-7-15(20)8-6-14/h4-9,12H,3,10-11H2,1-2H3. The van der Waals surface area contributed by atoms with Crippen molar-refractivity contribution in [3.8, 4) is 5.75 Å². The number of halogens is 1. The maximum Gasteiger partial charge on any atom is 0.259 e. The van der Waals surface area contributed by atoms with Crippen molar-refractivity contribution >= 4 is 28.5 Å². The SMILES string of the molecule is COc1ccc(C)cc1N=C1SCCCN1C(=O)c1ccc(F)cc1. The number of rotatable bonds is 3. The number of amidine groups is 1. The maximum atomic E-state index is 13.1. The highest BCUT2D eigenvalue weighted by molar-refractivity contribution is 8.13. The van der Waals surface area contributed by atoms with E-state index in [1.165, 1.54) is 24.3 Å². The van der Waals surface area contributed by atoms with Gasteiger partial charge in [0.25, 0.3) is 5.91 Å². The average Bonchev–Trinajstić information content (AvgIpc) is 2.62. The van der Waals surface area contributed by atoms with Crippen LogP contribution in [-0.4, -0.2) is 35.4 Å². The van der Waals surface area contributed by atoms with Gasteiger partial charge >= 0.3 is 0 Å². The molecule has 25 heavy (non-hydrogen) atoms. The Morgan fingerprint density at radius 3 is 2.72 bits per heavy atom. The van der Waals surface area contributed by atoms with Crippen molar-refractivity contribution in [3.05, 3.63) is 59.4 Å². The van der Waals surface area contributed by atoms with E-state index in [0.717, 1.165) is 17.7 Å². The minimum Gasteiger partial charge on any atom is -0.494 e. The van der Waals surface area contributed by atoms with Crippen LogP contribution in [0.1, 0.15) is 22.3 Å². The molecule has 1 aliphatic rings. The Hall–Kier alpha value is -2.34. The van der Waals surface area contributed by atoms with Crippen molar-refractivity contribution in [1.29, 1.82) is 0 Å². The fourth-order valence-electron chi connectivity index (χ4n) is 2.58. The minimum absolute atomic E-state index is 0.169. The molecule has 4 nitrogen and oxygen atoms in total. The number of amides is 1. The number of benzene rings is 2. The van der Waals surface area contributed by atoms with Crippen molar-refractivity contribution in [2.75, 3.05) is 19.4 Å². The van der Waals surface area contributed by atoms with Gasteiger partial charge in [-0.25, -0.2) is 9.38 Å². The normalized spacial score (nSPS) is 16.1. The summed E-state index contributed by atoms with van der Waals surface area (Å²) in [6, 6.07) is 11.4. The number of methoxy groups -OCH3 is 1. The number of nitrogens with zero attached hydrogens (tertiary/aromatic N) is 2. The quantitative estimate of drug-likeness (QED) is 0.816. The molecule has 1 amide bonds. The van der Waals surface area contributed by atoms with E-state index >= 15 is 0 Å². The maximum absolute atomic E-state index is 13.1. The summed E-state index contributed by atoms with van der Waals surface area (Å²) in [7, 11) is 1.60. The molecule has 0 spiro atoms. The zero-order valence-electron chi connectivity index (χ0n) is 14.2. The fourth-order valence-corrected chi connectivity index (χ4v) is 3.53. The molecule has 0 aromatic heterocycles. The van der Waals surface area contributed by atoms with Gasteiger partial charge in [0.2, 0.25) is 0 Å². The molecule has 1 aliphatic heterocycles. The molecule has 1 heterocycles. The monoisotopic (exact) mass is 358 g/mol. The lowest BCUT2D eigenvalue weighted by Crippen LogP contribution is -2.39. The van der Waals surface area contributed by atoms with Crippen molar-refractivity contribution in [3.63, 3.8) is 0 Å². The predicted octanol–water partition coefficient (Wildman–Crippen LogP) is 4.41. The van der Waals surface area contributed by atoms with E-state index in [4.69, 9.17) is 4.74 Å². The Morgan fingerprint density at radius 2 is 2.00 bits per heavy atom. The van der Waals surface area contributed by atoms with Gasteiger partial charge in [0.1, 0.15) is 17.3 Å². The molecule has 0 unspecified atom stereocenters. The molecular weight excluding hydrogens is 339 g/mol. The molecule has 1 fully saturated rings. The van der Waals surface area contributed by atoms with Gasteiger partial charge in [-0.05, 0) is 55.3 Å². The number of aryl methyl sites for hydroxylation is 1. The molecule has 2 aromatic carbocycles. The van der Waals surface area contributed by atoms with Crippen LogP contribution >= 0.6 is 11.8 Å². The number of carbonyl (C=O) groups is 1. The molecular formula is C19H19FN2O2S. The third-order valence-electron chi connectivity index (χ3n) is 3.87. The highest BCUT2D eigenvalue weighted by Gasteiger charge is 2.25. The fraction of sp³-hybridized carbons (Fsp3) is 0.263. The first-order valence-corrected chi connectivity index (χ1v) is 9.00. The second-order valence-corrected chi connectivity index (χ2v) is 6.80. The van der Waals surface area contributed by atoms with Crippen molar-refractivity contribution in [2.24, 2.45) is 4.99 Å². The Kier molecular flexibility index (Phi) is 5.38. The molecule has 1 saturated heterocycles. The van der Waals surface area contributed by atoms with E-state index in [2.05, 4.69) is 4.99 Å². The highest BCUT2D eigenvalue weighted by Crippen LogP contribution is 2.31. The summed E-state index contributed by atoms with van der Waals surface area (Å²) >= 11 is 1.54. The van der Waals surface area contributed by atoms with Gasteiger partial charge in [-0.1, -0.05) is 17.8 Å². The lowest BCUT2D eigenvalue weighted by Gasteiger charge is -2.28. The Bertz CT molecular complexity index is 806. The van der Waals surface area contributed by atoms with Gasteiger partial charge in [-0.15, -0.1) is 0 Å². The second-order valence-electron chi connectivity index (χ2n) is 5.74. The van der Waals surface area contributed by atoms with Gasteiger partial charge in [0.15, 0.2) is 5.17 Å². The van der Waals surface area contributed by atoms with Crippen molar-refractivity contribution in [2.45, 2.75) is 13.3 Å². The van der Waals surface area contributed by atoms with Gasteiger partial charge in [0.05, 0.1) is 7.11 Å². The Morgan fingerprint density at radius 1 is 1.24 bits per heavy atom. The lowest BCUT2D eigenvalue weighted by atomic mass is 10.2. The van der Waals surface area contributed by atoms with E-state index in [0.29, 0.717) is 28.7 Å². The number of thioether (sulfide) groups is 1. The van der Waals surface area contributed by atoms with E-state index in [9.17, 15) is 9.18 Å². The summed E-state index contributed by atoms with van der Waals surface area (Å²) < 4.78 is 18.5. The second kappa shape index (κ2) is 7.70. The lowest BCUT2D eigenvalue weighted by molar-refractivity contribution is 0.0849. The third-order valence-corrected chi connectivity index (χ3v) is 4.94. The van der Waals surface area contributed by atoms with Gasteiger partial charge in [0, 0.05) is 17.9 Å². The molecule has 0 atom stereocenters. The average molecular weight is 358 g/mol. The molecule has 130 valence electrons. The molecule has 0 bridgehead atoms. The van der Waals surface area contributed by atoms with Crippen LogP contribution in [-0.2, 0) is 0 Å². The summed E-state index contributed by atoms with van der Waals surface area (Å²) in [6.07, 6.45) is 0.890. The van der Waals surface area contributed by atoms with E-state index in [-0.39, 0.29) is 11.7 Å². The molecule has 0 saturated carbocycles. The van der Waals surface area contributed by atoms with Gasteiger partial charge in [-0.3, -0.25) is 9.69 Å². The zero-order valence-corrected chi connectivity index (χ0v) is 15.0. The van der Waals surface area contributed by atoms with Crippen molar-refractivity contribution < 1.29 is 13.9 Å². The van der Waals surface area contributed by atoms with Crippen LogP contribution in [0.15, 0.2) is 47.5 Å².